The molecule has 1 heterocycles. The van der Waals surface area contributed by atoms with E-state index in [4.69, 9.17) is 5.73 Å². The van der Waals surface area contributed by atoms with E-state index < -0.39 is 0 Å². The number of nitrogen functional groups attached to an aromatic ring is 1. The fourth-order valence-corrected chi connectivity index (χ4v) is 3.19. The van der Waals surface area contributed by atoms with Gasteiger partial charge in [-0.15, -0.1) is 0 Å². The maximum absolute atomic E-state index is 12.4. The average molecular weight is 281 g/mol. The number of amides is 1. The Morgan fingerprint density at radius 3 is 2.90 bits per heavy atom. The Morgan fingerprint density at radius 1 is 1.33 bits per heavy atom. The van der Waals surface area contributed by atoms with Crippen LogP contribution in [-0.4, -0.2) is 17.0 Å². The zero-order valence-electron chi connectivity index (χ0n) is 11.9. The van der Waals surface area contributed by atoms with Gasteiger partial charge in [0.25, 0.3) is 5.91 Å². The number of aromatic nitrogens is 1. The number of fused-ring (bicyclic) bond motifs is 1. The minimum absolute atomic E-state index is 0.0111. The number of carbonyl (C=O) groups excluding carboxylic acids is 1. The van der Waals surface area contributed by atoms with Gasteiger partial charge in [0, 0.05) is 24.7 Å². The summed E-state index contributed by atoms with van der Waals surface area (Å²) in [5.41, 5.74) is 9.98. The predicted octanol–water partition coefficient (Wildman–Crippen LogP) is 2.47. The first-order chi connectivity index (χ1) is 10.2. The van der Waals surface area contributed by atoms with Gasteiger partial charge in [-0.05, 0) is 36.5 Å². The van der Waals surface area contributed by atoms with E-state index in [1.54, 1.807) is 6.07 Å². The van der Waals surface area contributed by atoms with Crippen molar-refractivity contribution in [3.8, 4) is 0 Å². The zero-order valence-corrected chi connectivity index (χ0v) is 11.9. The van der Waals surface area contributed by atoms with Crippen molar-refractivity contribution >= 4 is 11.6 Å². The van der Waals surface area contributed by atoms with Crippen molar-refractivity contribution in [1.29, 1.82) is 0 Å². The van der Waals surface area contributed by atoms with Crippen molar-refractivity contribution < 1.29 is 4.79 Å². The van der Waals surface area contributed by atoms with E-state index in [9.17, 15) is 4.79 Å². The SMILES string of the molecule is Nc1cc(C(=O)NCC2Cc3ccccc32)n(C2CC2)c1. The number of hydrogen-bond donors (Lipinski definition) is 2. The van der Waals surface area contributed by atoms with Crippen molar-refractivity contribution in [2.45, 2.75) is 31.2 Å². The first-order valence-corrected chi connectivity index (χ1v) is 7.55. The summed E-state index contributed by atoms with van der Waals surface area (Å²) in [5, 5.41) is 3.06. The van der Waals surface area contributed by atoms with E-state index in [0.29, 0.717) is 29.9 Å². The highest BCUT2D eigenvalue weighted by Crippen LogP contribution is 2.37. The summed E-state index contributed by atoms with van der Waals surface area (Å²) in [4.78, 5) is 12.4. The lowest BCUT2D eigenvalue weighted by Gasteiger charge is -2.30. The van der Waals surface area contributed by atoms with Crippen LogP contribution in [0.4, 0.5) is 5.69 Å². The molecular formula is C17H19N3O. The number of nitrogens with two attached hydrogens (primary N) is 1. The van der Waals surface area contributed by atoms with Gasteiger partial charge < -0.3 is 15.6 Å². The molecule has 1 fully saturated rings. The zero-order chi connectivity index (χ0) is 14.4. The number of hydrogen-bond acceptors (Lipinski definition) is 2. The smallest absolute Gasteiger partial charge is 0.268 e. The molecular weight excluding hydrogens is 262 g/mol. The molecule has 1 saturated carbocycles. The van der Waals surface area contributed by atoms with Crippen LogP contribution >= 0.6 is 0 Å². The minimum Gasteiger partial charge on any atom is -0.397 e. The van der Waals surface area contributed by atoms with E-state index in [1.807, 2.05) is 10.8 Å². The number of benzene rings is 1. The lowest BCUT2D eigenvalue weighted by molar-refractivity contribution is 0.0940. The summed E-state index contributed by atoms with van der Waals surface area (Å²) < 4.78 is 2.03. The molecule has 1 amide bonds. The third-order valence-corrected chi connectivity index (χ3v) is 4.51. The molecule has 4 nitrogen and oxygen atoms in total. The predicted molar refractivity (Wildman–Crippen MR) is 82.3 cm³/mol. The molecule has 2 aliphatic rings. The van der Waals surface area contributed by atoms with Gasteiger partial charge in [-0.2, -0.15) is 0 Å². The molecule has 4 rings (SSSR count). The van der Waals surface area contributed by atoms with Crippen LogP contribution < -0.4 is 11.1 Å². The maximum Gasteiger partial charge on any atom is 0.268 e. The van der Waals surface area contributed by atoms with Gasteiger partial charge in [0.1, 0.15) is 5.69 Å². The Bertz CT molecular complexity index is 700. The molecule has 21 heavy (non-hydrogen) atoms. The second-order valence-corrected chi connectivity index (χ2v) is 6.11. The number of nitrogens with zero attached hydrogens (tertiary/aromatic N) is 1. The standard InChI is InChI=1S/C17H19N3O/c18-13-8-16(20(10-13)14-5-6-14)17(21)19-9-12-7-11-3-1-2-4-15(11)12/h1-4,8,10,12,14H,5-7,9,18H2,(H,19,21). The van der Waals surface area contributed by atoms with Crippen LogP contribution in [0.2, 0.25) is 0 Å². The van der Waals surface area contributed by atoms with Crippen LogP contribution in [0.5, 0.6) is 0 Å². The molecule has 1 unspecified atom stereocenters. The molecule has 1 aromatic heterocycles. The second kappa shape index (κ2) is 4.65. The molecule has 4 heteroatoms. The molecule has 2 aliphatic carbocycles. The first-order valence-electron chi connectivity index (χ1n) is 7.55. The fraction of sp³-hybridized carbons (Fsp3) is 0.353. The van der Waals surface area contributed by atoms with Crippen molar-refractivity contribution in [3.63, 3.8) is 0 Å². The number of carbonyl (C=O) groups is 1. The third-order valence-electron chi connectivity index (χ3n) is 4.51. The summed E-state index contributed by atoms with van der Waals surface area (Å²) >= 11 is 0. The Labute approximate surface area is 124 Å². The quantitative estimate of drug-likeness (QED) is 0.904. The Kier molecular flexibility index (Phi) is 2.77. The number of anilines is 1. The van der Waals surface area contributed by atoms with Crippen LogP contribution in [0.15, 0.2) is 36.5 Å². The first kappa shape index (κ1) is 12.5. The number of nitrogens with one attached hydrogen (secondary N) is 1. The van der Waals surface area contributed by atoms with Gasteiger partial charge in [-0.25, -0.2) is 0 Å². The summed E-state index contributed by atoms with van der Waals surface area (Å²) in [6.45, 7) is 0.700. The molecule has 3 N–H and O–H groups in total. The largest absolute Gasteiger partial charge is 0.397 e. The highest BCUT2D eigenvalue weighted by molar-refractivity contribution is 5.94. The van der Waals surface area contributed by atoms with Gasteiger partial charge in [-0.1, -0.05) is 24.3 Å². The Balaban J connectivity index is 1.43. The topological polar surface area (TPSA) is 60.1 Å². The van der Waals surface area contributed by atoms with Gasteiger partial charge in [0.05, 0.1) is 5.69 Å². The number of rotatable bonds is 4. The van der Waals surface area contributed by atoms with Crippen molar-refractivity contribution in [2.75, 3.05) is 12.3 Å². The molecule has 0 saturated heterocycles. The highest BCUT2D eigenvalue weighted by Gasteiger charge is 2.29. The van der Waals surface area contributed by atoms with Gasteiger partial charge in [-0.3, -0.25) is 4.79 Å². The molecule has 1 atom stereocenters. The lowest BCUT2D eigenvalue weighted by Crippen LogP contribution is -2.34. The van der Waals surface area contributed by atoms with E-state index >= 15 is 0 Å². The summed E-state index contributed by atoms with van der Waals surface area (Å²) in [6.07, 6.45) is 5.22. The van der Waals surface area contributed by atoms with Gasteiger partial charge in [0.2, 0.25) is 0 Å². The monoisotopic (exact) mass is 281 g/mol. The molecule has 1 aromatic carbocycles. The van der Waals surface area contributed by atoms with Gasteiger partial charge >= 0.3 is 0 Å². The summed E-state index contributed by atoms with van der Waals surface area (Å²) in [7, 11) is 0. The third kappa shape index (κ3) is 2.20. The van der Waals surface area contributed by atoms with Crippen LogP contribution in [-0.2, 0) is 6.42 Å². The van der Waals surface area contributed by atoms with E-state index in [0.717, 1.165) is 19.3 Å². The molecule has 108 valence electrons. The van der Waals surface area contributed by atoms with Crippen LogP contribution in [0.3, 0.4) is 0 Å². The fourth-order valence-electron chi connectivity index (χ4n) is 3.19. The average Bonchev–Trinajstić information content (AvgIpc) is 3.22. The molecule has 0 radical (unpaired) electrons. The normalized spacial score (nSPS) is 19.7. The molecule has 2 aromatic rings. The van der Waals surface area contributed by atoms with Crippen LogP contribution in [0.1, 0.15) is 46.4 Å². The lowest BCUT2D eigenvalue weighted by atomic mass is 9.77. The summed E-state index contributed by atoms with van der Waals surface area (Å²) in [6, 6.07) is 10.7. The molecule has 0 bridgehead atoms. The van der Waals surface area contributed by atoms with Gasteiger partial charge in [0.15, 0.2) is 0 Å². The van der Waals surface area contributed by atoms with E-state index in [1.165, 1.54) is 11.1 Å². The Morgan fingerprint density at radius 2 is 2.14 bits per heavy atom. The molecule has 0 aliphatic heterocycles. The second-order valence-electron chi connectivity index (χ2n) is 6.11. The van der Waals surface area contributed by atoms with Crippen molar-refractivity contribution in [3.05, 3.63) is 53.3 Å². The Hall–Kier alpha value is -2.23. The van der Waals surface area contributed by atoms with E-state index in [2.05, 4.69) is 29.6 Å². The molecule has 0 spiro atoms. The van der Waals surface area contributed by atoms with Crippen LogP contribution in [0, 0.1) is 0 Å². The van der Waals surface area contributed by atoms with Crippen molar-refractivity contribution in [1.82, 2.24) is 9.88 Å². The van der Waals surface area contributed by atoms with Crippen LogP contribution in [0.25, 0.3) is 0 Å². The minimum atomic E-state index is -0.0111. The highest BCUT2D eigenvalue weighted by atomic mass is 16.1. The maximum atomic E-state index is 12.4. The van der Waals surface area contributed by atoms with E-state index in [-0.39, 0.29) is 5.91 Å². The van der Waals surface area contributed by atoms with Crippen molar-refractivity contribution in [2.24, 2.45) is 0 Å². The summed E-state index contributed by atoms with van der Waals surface area (Å²) in [5.74, 6) is 0.440.